The van der Waals surface area contributed by atoms with E-state index >= 15 is 0 Å². The molecule has 0 aliphatic heterocycles. The zero-order valence-electron chi connectivity index (χ0n) is 14.2. The quantitative estimate of drug-likeness (QED) is 0.608. The first-order valence-corrected chi connectivity index (χ1v) is 7.92. The molecule has 0 unspecified atom stereocenters. The van der Waals surface area contributed by atoms with Crippen molar-refractivity contribution in [3.8, 4) is 0 Å². The second kappa shape index (κ2) is 8.88. The molecule has 5 heteroatoms. The third-order valence-electron chi connectivity index (χ3n) is 3.63. The van der Waals surface area contributed by atoms with Crippen LogP contribution >= 0.6 is 0 Å². The third kappa shape index (κ3) is 5.70. The first-order chi connectivity index (χ1) is 11.2. The van der Waals surface area contributed by atoms with Crippen molar-refractivity contribution >= 4 is 11.6 Å². The Morgan fingerprint density at radius 2 is 1.74 bits per heavy atom. The summed E-state index contributed by atoms with van der Waals surface area (Å²) in [5.41, 5.74) is 2.53. The van der Waals surface area contributed by atoms with Gasteiger partial charge in [0, 0.05) is 46.3 Å². The Morgan fingerprint density at radius 1 is 1.04 bits per heavy atom. The molecule has 1 aromatic heterocycles. The van der Waals surface area contributed by atoms with E-state index in [1.165, 1.54) is 11.3 Å². The van der Waals surface area contributed by atoms with Gasteiger partial charge in [0.1, 0.15) is 5.76 Å². The van der Waals surface area contributed by atoms with Gasteiger partial charge in [0.05, 0.1) is 6.26 Å². The maximum absolute atomic E-state index is 5.31. The number of rotatable bonds is 7. The summed E-state index contributed by atoms with van der Waals surface area (Å²) in [4.78, 5) is 6.34. The predicted molar refractivity (Wildman–Crippen MR) is 96.2 cm³/mol. The summed E-state index contributed by atoms with van der Waals surface area (Å²) in [6.07, 6.45) is 3.51. The van der Waals surface area contributed by atoms with E-state index in [-0.39, 0.29) is 0 Å². The first kappa shape index (κ1) is 16.9. The minimum Gasteiger partial charge on any atom is -0.469 e. The summed E-state index contributed by atoms with van der Waals surface area (Å²) < 4.78 is 5.31. The van der Waals surface area contributed by atoms with Gasteiger partial charge in [0.2, 0.25) is 0 Å². The fourth-order valence-corrected chi connectivity index (χ4v) is 2.27. The number of aliphatic imine (C=N–C) groups is 1. The monoisotopic (exact) mass is 314 g/mol. The van der Waals surface area contributed by atoms with Gasteiger partial charge in [-0.1, -0.05) is 12.1 Å². The van der Waals surface area contributed by atoms with Crippen LogP contribution in [0.5, 0.6) is 0 Å². The fraction of sp³-hybridized carbons (Fsp3) is 0.389. The molecule has 2 N–H and O–H groups in total. The SMILES string of the molecule is CN=C(NCCc1ccc(N(C)C)cc1)NCCc1ccco1. The second-order valence-electron chi connectivity index (χ2n) is 5.57. The molecule has 0 saturated heterocycles. The molecule has 124 valence electrons. The molecule has 0 fully saturated rings. The lowest BCUT2D eigenvalue weighted by Gasteiger charge is -2.13. The molecule has 2 rings (SSSR count). The number of hydrogen-bond acceptors (Lipinski definition) is 3. The summed E-state index contributed by atoms with van der Waals surface area (Å²) in [7, 11) is 5.89. The van der Waals surface area contributed by atoms with Gasteiger partial charge >= 0.3 is 0 Å². The van der Waals surface area contributed by atoms with Gasteiger partial charge in [0.15, 0.2) is 5.96 Å². The first-order valence-electron chi connectivity index (χ1n) is 7.92. The van der Waals surface area contributed by atoms with Crippen molar-refractivity contribution in [1.82, 2.24) is 10.6 Å². The smallest absolute Gasteiger partial charge is 0.191 e. The molecule has 5 nitrogen and oxygen atoms in total. The van der Waals surface area contributed by atoms with E-state index in [1.807, 2.05) is 12.1 Å². The fourth-order valence-electron chi connectivity index (χ4n) is 2.27. The van der Waals surface area contributed by atoms with Gasteiger partial charge in [-0.2, -0.15) is 0 Å². The predicted octanol–water partition coefficient (Wildman–Crippen LogP) is 2.30. The summed E-state index contributed by atoms with van der Waals surface area (Å²) in [6, 6.07) is 12.5. The molecule has 1 aromatic carbocycles. The van der Waals surface area contributed by atoms with Crippen LogP contribution in [-0.4, -0.2) is 40.2 Å². The lowest BCUT2D eigenvalue weighted by molar-refractivity contribution is 0.507. The zero-order chi connectivity index (χ0) is 16.5. The number of furan rings is 1. The van der Waals surface area contributed by atoms with E-state index < -0.39 is 0 Å². The van der Waals surface area contributed by atoms with Crippen LogP contribution in [0.2, 0.25) is 0 Å². The molecule has 0 atom stereocenters. The highest BCUT2D eigenvalue weighted by molar-refractivity contribution is 5.79. The van der Waals surface area contributed by atoms with Crippen molar-refractivity contribution in [3.05, 3.63) is 54.0 Å². The number of anilines is 1. The van der Waals surface area contributed by atoms with E-state index in [9.17, 15) is 0 Å². The minimum atomic E-state index is 0.796. The van der Waals surface area contributed by atoms with Crippen LogP contribution in [0.25, 0.3) is 0 Å². The van der Waals surface area contributed by atoms with E-state index in [0.717, 1.165) is 37.7 Å². The van der Waals surface area contributed by atoms with Gasteiger partial charge < -0.3 is 20.0 Å². The molecule has 0 radical (unpaired) electrons. The molecule has 0 saturated carbocycles. The van der Waals surface area contributed by atoms with Crippen molar-refractivity contribution in [2.24, 2.45) is 4.99 Å². The molecule has 0 bridgehead atoms. The van der Waals surface area contributed by atoms with Crippen LogP contribution in [0.3, 0.4) is 0 Å². The maximum atomic E-state index is 5.31. The zero-order valence-corrected chi connectivity index (χ0v) is 14.2. The van der Waals surface area contributed by atoms with Gasteiger partial charge in [-0.05, 0) is 36.2 Å². The Hall–Kier alpha value is -2.43. The highest BCUT2D eigenvalue weighted by Crippen LogP contribution is 2.12. The summed E-state index contributed by atoms with van der Waals surface area (Å²) in [6.45, 7) is 1.65. The molecule has 0 spiro atoms. The van der Waals surface area contributed by atoms with Gasteiger partial charge in [-0.25, -0.2) is 0 Å². The highest BCUT2D eigenvalue weighted by Gasteiger charge is 2.00. The van der Waals surface area contributed by atoms with Crippen LogP contribution in [0.15, 0.2) is 52.1 Å². The maximum Gasteiger partial charge on any atom is 0.191 e. The minimum absolute atomic E-state index is 0.796. The highest BCUT2D eigenvalue weighted by atomic mass is 16.3. The van der Waals surface area contributed by atoms with Gasteiger partial charge in [-0.15, -0.1) is 0 Å². The van der Waals surface area contributed by atoms with Crippen LogP contribution in [-0.2, 0) is 12.8 Å². The molecule has 0 amide bonds. The Labute approximate surface area is 138 Å². The topological polar surface area (TPSA) is 52.8 Å². The lowest BCUT2D eigenvalue weighted by Crippen LogP contribution is -2.39. The Kier molecular flexibility index (Phi) is 6.54. The second-order valence-corrected chi connectivity index (χ2v) is 5.57. The summed E-state index contributed by atoms with van der Waals surface area (Å²) >= 11 is 0. The largest absolute Gasteiger partial charge is 0.469 e. The number of benzene rings is 1. The van der Waals surface area contributed by atoms with Crippen LogP contribution in [0.1, 0.15) is 11.3 Å². The van der Waals surface area contributed by atoms with Gasteiger partial charge in [-0.3, -0.25) is 4.99 Å². The van der Waals surface area contributed by atoms with E-state index in [1.54, 1.807) is 13.3 Å². The van der Waals surface area contributed by atoms with E-state index in [2.05, 4.69) is 58.9 Å². The molecule has 0 aliphatic rings. The van der Waals surface area contributed by atoms with Crippen molar-refractivity contribution in [2.45, 2.75) is 12.8 Å². The standard InChI is InChI=1S/C18H26N4O/c1-19-18(21-13-11-17-5-4-14-23-17)20-12-10-15-6-8-16(9-7-15)22(2)3/h4-9,14H,10-13H2,1-3H3,(H2,19,20,21). The molecule has 1 heterocycles. The van der Waals surface area contributed by atoms with Crippen molar-refractivity contribution in [2.75, 3.05) is 39.1 Å². The van der Waals surface area contributed by atoms with Crippen molar-refractivity contribution in [1.29, 1.82) is 0 Å². The van der Waals surface area contributed by atoms with Crippen molar-refractivity contribution < 1.29 is 4.42 Å². The average molecular weight is 314 g/mol. The Morgan fingerprint density at radius 3 is 2.30 bits per heavy atom. The number of guanidine groups is 1. The normalized spacial score (nSPS) is 11.3. The number of hydrogen-bond donors (Lipinski definition) is 2. The molecule has 0 aliphatic carbocycles. The Bertz CT molecular complexity index is 588. The summed E-state index contributed by atoms with van der Waals surface area (Å²) in [5, 5.41) is 6.62. The molecular weight excluding hydrogens is 288 g/mol. The number of nitrogens with zero attached hydrogens (tertiary/aromatic N) is 2. The van der Waals surface area contributed by atoms with Gasteiger partial charge in [0.25, 0.3) is 0 Å². The summed E-state index contributed by atoms with van der Waals surface area (Å²) in [5.74, 6) is 1.80. The van der Waals surface area contributed by atoms with E-state index in [4.69, 9.17) is 4.42 Å². The molecule has 2 aromatic rings. The third-order valence-corrected chi connectivity index (χ3v) is 3.63. The van der Waals surface area contributed by atoms with Crippen LogP contribution in [0, 0.1) is 0 Å². The Balaban J connectivity index is 1.68. The average Bonchev–Trinajstić information content (AvgIpc) is 3.07. The van der Waals surface area contributed by atoms with E-state index in [0.29, 0.717) is 0 Å². The lowest BCUT2D eigenvalue weighted by atomic mass is 10.1. The molecule has 23 heavy (non-hydrogen) atoms. The number of nitrogens with one attached hydrogen (secondary N) is 2. The van der Waals surface area contributed by atoms with Crippen LogP contribution in [0.4, 0.5) is 5.69 Å². The van der Waals surface area contributed by atoms with Crippen molar-refractivity contribution in [3.63, 3.8) is 0 Å². The molecular formula is C18H26N4O. The van der Waals surface area contributed by atoms with Crippen LogP contribution < -0.4 is 15.5 Å².